The molecule has 0 saturated heterocycles. The second kappa shape index (κ2) is 9.18. The van der Waals surface area contributed by atoms with E-state index in [0.29, 0.717) is 40.3 Å². The van der Waals surface area contributed by atoms with Crippen molar-refractivity contribution in [2.45, 2.75) is 11.7 Å². The molecule has 0 spiro atoms. The monoisotopic (exact) mass is 396 g/mol. The number of rotatable bonds is 9. The summed E-state index contributed by atoms with van der Waals surface area (Å²) in [5, 5.41) is 9.10. The summed E-state index contributed by atoms with van der Waals surface area (Å²) in [4.78, 5) is 17.1. The van der Waals surface area contributed by atoms with E-state index in [9.17, 15) is 4.79 Å². The molecule has 0 N–H and O–H groups in total. The number of allylic oxidation sites excluding steroid dienone is 1. The Labute approximate surface area is 167 Å². The molecule has 7 nitrogen and oxygen atoms in total. The van der Waals surface area contributed by atoms with Gasteiger partial charge in [0.15, 0.2) is 16.8 Å². The maximum atomic E-state index is 12.8. The highest BCUT2D eigenvalue weighted by molar-refractivity contribution is 7.99. The summed E-state index contributed by atoms with van der Waals surface area (Å²) >= 11 is 1.31. The Morgan fingerprint density at radius 1 is 1.21 bits per heavy atom. The van der Waals surface area contributed by atoms with E-state index in [-0.39, 0.29) is 11.5 Å². The number of ketones is 1. The molecule has 3 aromatic rings. The van der Waals surface area contributed by atoms with Gasteiger partial charge in [-0.05, 0) is 30.3 Å². The van der Waals surface area contributed by atoms with Crippen molar-refractivity contribution in [1.82, 2.24) is 19.7 Å². The fourth-order valence-corrected chi connectivity index (χ4v) is 3.44. The summed E-state index contributed by atoms with van der Waals surface area (Å²) in [7, 11) is 3.09. The van der Waals surface area contributed by atoms with Crippen molar-refractivity contribution < 1.29 is 14.3 Å². The van der Waals surface area contributed by atoms with Crippen LogP contribution in [-0.2, 0) is 6.54 Å². The van der Waals surface area contributed by atoms with Crippen LogP contribution < -0.4 is 9.47 Å². The molecular formula is C20H20N4O3S. The first-order chi connectivity index (χ1) is 13.7. The van der Waals surface area contributed by atoms with E-state index in [1.54, 1.807) is 37.6 Å². The molecule has 0 aliphatic rings. The molecule has 0 fully saturated rings. The summed E-state index contributed by atoms with van der Waals surface area (Å²) in [6.07, 6.45) is 3.46. The lowest BCUT2D eigenvalue weighted by molar-refractivity contribution is 0.101. The zero-order valence-corrected chi connectivity index (χ0v) is 16.5. The number of methoxy groups -OCH3 is 2. The molecule has 0 bridgehead atoms. The smallest absolute Gasteiger partial charge is 0.192 e. The van der Waals surface area contributed by atoms with E-state index in [4.69, 9.17) is 9.47 Å². The first-order valence-corrected chi connectivity index (χ1v) is 9.50. The van der Waals surface area contributed by atoms with Crippen LogP contribution >= 0.6 is 11.8 Å². The number of carbonyl (C=O) groups excluding carboxylic acids is 1. The van der Waals surface area contributed by atoms with Crippen LogP contribution in [0.25, 0.3) is 11.5 Å². The Hall–Kier alpha value is -3.13. The van der Waals surface area contributed by atoms with Crippen molar-refractivity contribution >= 4 is 17.5 Å². The second-order valence-electron chi connectivity index (χ2n) is 5.70. The Morgan fingerprint density at radius 2 is 2.07 bits per heavy atom. The average molecular weight is 396 g/mol. The number of nitrogens with zero attached hydrogens (tertiary/aromatic N) is 4. The number of hydrogen-bond acceptors (Lipinski definition) is 7. The van der Waals surface area contributed by atoms with Crippen molar-refractivity contribution in [2.75, 3.05) is 20.0 Å². The fourth-order valence-electron chi connectivity index (χ4n) is 2.61. The van der Waals surface area contributed by atoms with Crippen LogP contribution in [0, 0.1) is 0 Å². The molecule has 0 aliphatic heterocycles. The normalized spacial score (nSPS) is 10.5. The average Bonchev–Trinajstić information content (AvgIpc) is 3.15. The number of Topliss-reactive ketones (excluding diaryl/α,β-unsaturated/α-hetero) is 1. The first-order valence-electron chi connectivity index (χ1n) is 8.51. The third-order valence-electron chi connectivity index (χ3n) is 3.96. The van der Waals surface area contributed by atoms with Gasteiger partial charge in [-0.1, -0.05) is 23.9 Å². The van der Waals surface area contributed by atoms with Crippen LogP contribution in [-0.4, -0.2) is 45.5 Å². The minimum absolute atomic E-state index is 0.0895. The van der Waals surface area contributed by atoms with Crippen LogP contribution in [0.2, 0.25) is 0 Å². The van der Waals surface area contributed by atoms with Gasteiger partial charge < -0.3 is 9.47 Å². The highest BCUT2D eigenvalue weighted by Crippen LogP contribution is 2.28. The number of aromatic nitrogens is 4. The third-order valence-corrected chi connectivity index (χ3v) is 4.93. The van der Waals surface area contributed by atoms with Crippen molar-refractivity contribution in [3.05, 3.63) is 60.8 Å². The predicted octanol–water partition coefficient (Wildman–Crippen LogP) is 3.52. The standard InChI is InChI=1S/C20H20N4O3S/c1-4-11-24-19(16-7-5-6-10-21-16)22-23-20(24)28-13-17(25)15-12-14(26-2)8-9-18(15)27-3/h4-10,12H,1,11,13H2,2-3H3. The molecule has 0 unspecified atom stereocenters. The molecule has 0 aliphatic carbocycles. The number of carbonyl (C=O) groups is 1. The van der Waals surface area contributed by atoms with E-state index >= 15 is 0 Å². The molecule has 2 aromatic heterocycles. The molecule has 0 atom stereocenters. The van der Waals surface area contributed by atoms with Gasteiger partial charge in [-0.15, -0.1) is 16.8 Å². The van der Waals surface area contributed by atoms with E-state index in [1.807, 2.05) is 22.8 Å². The summed E-state index contributed by atoms with van der Waals surface area (Å²) in [5.41, 5.74) is 1.18. The molecule has 1 aromatic carbocycles. The first kappa shape index (κ1) is 19.6. The van der Waals surface area contributed by atoms with Gasteiger partial charge in [-0.2, -0.15) is 0 Å². The summed E-state index contributed by atoms with van der Waals surface area (Å²) in [6.45, 7) is 4.30. The number of pyridine rings is 1. The third kappa shape index (κ3) is 4.23. The van der Waals surface area contributed by atoms with Crippen molar-refractivity contribution in [3.63, 3.8) is 0 Å². The van der Waals surface area contributed by atoms with Gasteiger partial charge in [-0.25, -0.2) is 0 Å². The van der Waals surface area contributed by atoms with Crippen LogP contribution in [0.1, 0.15) is 10.4 Å². The molecule has 8 heteroatoms. The predicted molar refractivity (Wildman–Crippen MR) is 108 cm³/mol. The van der Waals surface area contributed by atoms with Gasteiger partial charge in [0.25, 0.3) is 0 Å². The SMILES string of the molecule is C=CCn1c(SCC(=O)c2cc(OC)ccc2OC)nnc1-c1ccccn1. The van der Waals surface area contributed by atoms with Crippen molar-refractivity contribution in [3.8, 4) is 23.0 Å². The van der Waals surface area contributed by atoms with E-state index in [1.165, 1.54) is 18.9 Å². The van der Waals surface area contributed by atoms with Crippen molar-refractivity contribution in [1.29, 1.82) is 0 Å². The molecule has 0 saturated carbocycles. The highest BCUT2D eigenvalue weighted by atomic mass is 32.2. The lowest BCUT2D eigenvalue weighted by Gasteiger charge is -2.10. The summed E-state index contributed by atoms with van der Waals surface area (Å²) < 4.78 is 12.4. The van der Waals surface area contributed by atoms with Gasteiger partial charge in [0.05, 0.1) is 25.5 Å². The number of ether oxygens (including phenoxy) is 2. The molecule has 3 rings (SSSR count). The maximum Gasteiger partial charge on any atom is 0.192 e. The largest absolute Gasteiger partial charge is 0.497 e. The fraction of sp³-hybridized carbons (Fsp3) is 0.200. The van der Waals surface area contributed by atoms with Crippen LogP contribution in [0.3, 0.4) is 0 Å². The second-order valence-corrected chi connectivity index (χ2v) is 6.64. The Balaban J connectivity index is 1.82. The van der Waals surface area contributed by atoms with Crippen LogP contribution in [0.5, 0.6) is 11.5 Å². The van der Waals surface area contributed by atoms with Gasteiger partial charge in [0.2, 0.25) is 0 Å². The van der Waals surface area contributed by atoms with Gasteiger partial charge in [0.1, 0.15) is 17.2 Å². The lowest BCUT2D eigenvalue weighted by Crippen LogP contribution is -2.07. The maximum absolute atomic E-state index is 12.8. The molecule has 2 heterocycles. The highest BCUT2D eigenvalue weighted by Gasteiger charge is 2.18. The van der Waals surface area contributed by atoms with E-state index in [0.717, 1.165) is 0 Å². The van der Waals surface area contributed by atoms with E-state index in [2.05, 4.69) is 21.8 Å². The molecule has 0 amide bonds. The molecule has 28 heavy (non-hydrogen) atoms. The summed E-state index contributed by atoms with van der Waals surface area (Å²) in [5.74, 6) is 1.83. The van der Waals surface area contributed by atoms with Crippen LogP contribution in [0.4, 0.5) is 0 Å². The molecular weight excluding hydrogens is 376 g/mol. The Morgan fingerprint density at radius 3 is 2.75 bits per heavy atom. The van der Waals surface area contributed by atoms with Gasteiger partial charge >= 0.3 is 0 Å². The number of thioether (sulfide) groups is 1. The molecule has 144 valence electrons. The molecule has 0 radical (unpaired) electrons. The summed E-state index contributed by atoms with van der Waals surface area (Å²) in [6, 6.07) is 10.7. The minimum Gasteiger partial charge on any atom is -0.497 e. The van der Waals surface area contributed by atoms with Crippen molar-refractivity contribution in [2.24, 2.45) is 0 Å². The Kier molecular flexibility index (Phi) is 6.44. The lowest BCUT2D eigenvalue weighted by atomic mass is 10.1. The Bertz CT molecular complexity index is 973. The number of benzene rings is 1. The van der Waals surface area contributed by atoms with E-state index < -0.39 is 0 Å². The topological polar surface area (TPSA) is 79.1 Å². The number of hydrogen-bond donors (Lipinski definition) is 0. The zero-order chi connectivity index (χ0) is 19.9. The zero-order valence-electron chi connectivity index (χ0n) is 15.7. The minimum atomic E-state index is -0.0895. The van der Waals surface area contributed by atoms with Crippen LogP contribution in [0.15, 0.2) is 60.4 Å². The van der Waals surface area contributed by atoms with Gasteiger partial charge in [0, 0.05) is 12.7 Å². The quantitative estimate of drug-likeness (QED) is 0.311. The van der Waals surface area contributed by atoms with Gasteiger partial charge in [-0.3, -0.25) is 14.3 Å².